The number of aryl methyl sites for hydroxylation is 1. The van der Waals surface area contributed by atoms with E-state index >= 15 is 0 Å². The van der Waals surface area contributed by atoms with E-state index in [0.717, 1.165) is 6.07 Å². The van der Waals surface area contributed by atoms with Gasteiger partial charge in [0.15, 0.2) is 0 Å². The Kier molecular flexibility index (Phi) is 6.92. The molecule has 0 aliphatic rings. The number of nitro groups is 1. The van der Waals surface area contributed by atoms with Crippen molar-refractivity contribution in [2.24, 2.45) is 0 Å². The van der Waals surface area contributed by atoms with E-state index in [1.165, 1.54) is 0 Å². The van der Waals surface area contributed by atoms with Crippen LogP contribution in [0, 0.1) is 17.0 Å². The fourth-order valence-corrected chi connectivity index (χ4v) is 3.01. The van der Waals surface area contributed by atoms with Crippen LogP contribution in [0.1, 0.15) is 41.4 Å². The molecular weight excluding hydrogens is 431 g/mol. The average Bonchev–Trinajstić information content (AvgIpc) is 2.59. The van der Waals surface area contributed by atoms with Crippen molar-refractivity contribution < 1.29 is 14.5 Å². The summed E-state index contributed by atoms with van der Waals surface area (Å²) in [6, 6.07) is 0.431. The van der Waals surface area contributed by atoms with Gasteiger partial charge in [-0.05, 0) is 30.5 Å². The molecule has 11 heteroatoms. The van der Waals surface area contributed by atoms with Gasteiger partial charge in [-0.15, -0.1) is 0 Å². The quantitative estimate of drug-likeness (QED) is 0.232. The number of halogens is 3. The number of hydrogen-bond acceptors (Lipinski definition) is 6. The minimum absolute atomic E-state index is 0.0614. The summed E-state index contributed by atoms with van der Waals surface area (Å²) in [7, 11) is 0. The Bertz CT molecular complexity index is 966. The number of carbonyl (C=O) groups excluding carboxylic acids is 2. The number of nitrogens with zero attached hydrogens (tertiary/aromatic N) is 3. The second-order valence-electron chi connectivity index (χ2n) is 6.18. The Labute approximate surface area is 175 Å². The highest BCUT2D eigenvalue weighted by Crippen LogP contribution is 2.28. The first-order valence-electron chi connectivity index (χ1n) is 8.00. The lowest BCUT2D eigenvalue weighted by Gasteiger charge is -2.16. The number of Topliss-reactive ketones (excluding diaryl/α,β-unsaturated/α-hetero) is 1. The Morgan fingerprint density at radius 3 is 2.43 bits per heavy atom. The second-order valence-corrected chi connectivity index (χ2v) is 7.31. The molecule has 0 fully saturated rings. The number of pyridine rings is 2. The number of ketones is 1. The topological polar surface area (TPSA) is 115 Å². The first-order valence-corrected chi connectivity index (χ1v) is 9.13. The van der Waals surface area contributed by atoms with Crippen LogP contribution in [-0.2, 0) is 4.79 Å². The molecule has 0 radical (unpaired) electrons. The third kappa shape index (κ3) is 4.57. The van der Waals surface area contributed by atoms with E-state index < -0.39 is 22.7 Å². The molecule has 0 bridgehead atoms. The van der Waals surface area contributed by atoms with Crippen LogP contribution in [0.3, 0.4) is 0 Å². The van der Waals surface area contributed by atoms with Crippen molar-refractivity contribution >= 4 is 52.2 Å². The summed E-state index contributed by atoms with van der Waals surface area (Å²) in [5.41, 5.74) is 1.13. The summed E-state index contributed by atoms with van der Waals surface area (Å²) < 4.78 is 0. The fourth-order valence-electron chi connectivity index (χ4n) is 2.45. The molecule has 1 amide bonds. The van der Waals surface area contributed by atoms with Gasteiger partial charge in [0.25, 0.3) is 0 Å². The van der Waals surface area contributed by atoms with Crippen molar-refractivity contribution in [1.29, 1.82) is 0 Å². The first kappa shape index (κ1) is 22.0. The minimum atomic E-state index is -2.25. The van der Waals surface area contributed by atoms with Crippen LogP contribution in [0.4, 0.5) is 5.69 Å². The minimum Gasteiger partial charge on any atom is -0.318 e. The maximum Gasteiger partial charge on any atom is 0.351 e. The van der Waals surface area contributed by atoms with E-state index in [1.807, 2.05) is 13.8 Å². The molecule has 148 valence electrons. The molecule has 1 N–H and O–H groups in total. The zero-order valence-corrected chi connectivity index (χ0v) is 17.3. The van der Waals surface area contributed by atoms with Gasteiger partial charge in [-0.1, -0.05) is 48.7 Å². The average molecular weight is 446 g/mol. The number of hydrogen-bond donors (Lipinski definition) is 1. The largest absolute Gasteiger partial charge is 0.351 e. The smallest absolute Gasteiger partial charge is 0.318 e. The molecule has 2 aromatic heterocycles. The number of aromatic nitrogens is 2. The predicted octanol–water partition coefficient (Wildman–Crippen LogP) is 4.34. The summed E-state index contributed by atoms with van der Waals surface area (Å²) in [4.78, 5) is 43.6. The van der Waals surface area contributed by atoms with Crippen LogP contribution in [-0.4, -0.2) is 32.6 Å². The Hall–Kier alpha value is -2.29. The van der Waals surface area contributed by atoms with Crippen molar-refractivity contribution in [2.75, 3.05) is 5.32 Å². The molecule has 0 saturated heterocycles. The number of carbonyl (C=O) groups is 2. The van der Waals surface area contributed by atoms with Crippen LogP contribution < -0.4 is 5.32 Å². The van der Waals surface area contributed by atoms with Gasteiger partial charge in [0.1, 0.15) is 10.3 Å². The number of amides is 1. The number of nitrogens with one attached hydrogen (secondary N) is 1. The van der Waals surface area contributed by atoms with Crippen molar-refractivity contribution in [3.63, 3.8) is 0 Å². The maximum absolute atomic E-state index is 12.7. The molecule has 0 saturated carbocycles. The monoisotopic (exact) mass is 444 g/mol. The van der Waals surface area contributed by atoms with Gasteiger partial charge in [0.2, 0.25) is 5.78 Å². The molecule has 0 aromatic carbocycles. The van der Waals surface area contributed by atoms with E-state index in [9.17, 15) is 19.7 Å². The first-order chi connectivity index (χ1) is 13.0. The van der Waals surface area contributed by atoms with Crippen molar-refractivity contribution in [2.45, 2.75) is 32.7 Å². The van der Waals surface area contributed by atoms with Crippen LogP contribution >= 0.6 is 34.8 Å². The Morgan fingerprint density at radius 1 is 1.21 bits per heavy atom. The lowest BCUT2D eigenvalue weighted by Crippen LogP contribution is -2.42. The van der Waals surface area contributed by atoms with Crippen LogP contribution in [0.25, 0.3) is 0 Å². The predicted molar refractivity (Wildman–Crippen MR) is 106 cm³/mol. The zero-order valence-electron chi connectivity index (χ0n) is 15.0. The molecule has 2 heterocycles. The molecule has 0 aliphatic carbocycles. The molecule has 28 heavy (non-hydrogen) atoms. The Balaban J connectivity index is 2.43. The van der Waals surface area contributed by atoms with Crippen molar-refractivity contribution in [3.05, 3.63) is 60.6 Å². The summed E-state index contributed by atoms with van der Waals surface area (Å²) in [5, 5.41) is 13.3. The van der Waals surface area contributed by atoms with E-state index in [4.69, 9.17) is 34.8 Å². The molecule has 1 atom stereocenters. The molecule has 0 spiro atoms. The lowest BCUT2D eigenvalue weighted by molar-refractivity contribution is -0.490. The lowest BCUT2D eigenvalue weighted by atomic mass is 10.0. The zero-order chi connectivity index (χ0) is 21.2. The molecule has 2 rings (SSSR count). The highest BCUT2D eigenvalue weighted by molar-refractivity contribution is 6.43. The van der Waals surface area contributed by atoms with Crippen molar-refractivity contribution in [3.8, 4) is 0 Å². The molecule has 8 nitrogen and oxygen atoms in total. The normalized spacial score (nSPS) is 12.0. The fraction of sp³-hybridized carbons (Fsp3) is 0.294. The second kappa shape index (κ2) is 8.81. The SMILES string of the molecule is Cc1ccnc(C(C)C)c1NC(=O)C(C(=O)c1cc(Cl)c(Cl)nc1Cl)[N+](=O)[O-]. The van der Waals surface area contributed by atoms with E-state index in [1.54, 1.807) is 19.2 Å². The summed E-state index contributed by atoms with van der Waals surface area (Å²) in [5.74, 6) is -2.35. The number of anilines is 1. The van der Waals surface area contributed by atoms with Gasteiger partial charge in [0, 0.05) is 11.1 Å². The maximum atomic E-state index is 12.7. The third-order valence-electron chi connectivity index (χ3n) is 3.84. The van der Waals surface area contributed by atoms with Gasteiger partial charge in [0.05, 0.1) is 22.0 Å². The summed E-state index contributed by atoms with van der Waals surface area (Å²) in [6.07, 6.45) is 1.57. The molecular formula is C17H15Cl3N4O4. The van der Waals surface area contributed by atoms with Gasteiger partial charge < -0.3 is 5.32 Å². The van der Waals surface area contributed by atoms with E-state index in [2.05, 4.69) is 15.3 Å². The number of rotatable bonds is 6. The van der Waals surface area contributed by atoms with Gasteiger partial charge in [-0.3, -0.25) is 24.7 Å². The summed E-state index contributed by atoms with van der Waals surface area (Å²) >= 11 is 17.4. The van der Waals surface area contributed by atoms with E-state index in [0.29, 0.717) is 16.9 Å². The third-order valence-corrected chi connectivity index (χ3v) is 4.80. The van der Waals surface area contributed by atoms with Crippen LogP contribution in [0.15, 0.2) is 18.3 Å². The molecule has 2 aromatic rings. The van der Waals surface area contributed by atoms with Crippen LogP contribution in [0.2, 0.25) is 15.3 Å². The van der Waals surface area contributed by atoms with Gasteiger partial charge >= 0.3 is 11.9 Å². The van der Waals surface area contributed by atoms with Crippen molar-refractivity contribution in [1.82, 2.24) is 9.97 Å². The Morgan fingerprint density at radius 2 is 1.86 bits per heavy atom. The van der Waals surface area contributed by atoms with Gasteiger partial charge in [-0.2, -0.15) is 0 Å². The standard InChI is InChI=1S/C17H15Cl3N4O4/c1-7(2)11-12(8(3)4-5-21-11)22-17(26)13(24(27)28)14(25)9-6-10(18)16(20)23-15(9)19/h4-7,13H,1-3H3,(H,22,26). The van der Waals surface area contributed by atoms with Gasteiger partial charge in [-0.25, -0.2) is 4.98 Å². The van der Waals surface area contributed by atoms with Crippen LogP contribution in [0.5, 0.6) is 0 Å². The molecule has 1 unspecified atom stereocenters. The van der Waals surface area contributed by atoms with E-state index in [-0.39, 0.29) is 26.8 Å². The molecule has 0 aliphatic heterocycles. The summed E-state index contributed by atoms with van der Waals surface area (Å²) in [6.45, 7) is 5.43. The highest BCUT2D eigenvalue weighted by atomic mass is 35.5. The highest BCUT2D eigenvalue weighted by Gasteiger charge is 2.40.